The molecule has 1 aromatic rings. The van der Waals surface area contributed by atoms with Gasteiger partial charge in [-0.25, -0.2) is 0 Å². The number of carbonyl (C=O) groups excluding carboxylic acids is 1. The van der Waals surface area contributed by atoms with Gasteiger partial charge in [0.05, 0.1) is 11.6 Å². The Morgan fingerprint density at radius 1 is 1.41 bits per heavy atom. The van der Waals surface area contributed by atoms with Crippen LogP contribution in [0.15, 0.2) is 36.0 Å². The Morgan fingerprint density at radius 3 is 2.53 bits per heavy atom. The van der Waals surface area contributed by atoms with E-state index < -0.39 is 0 Å². The van der Waals surface area contributed by atoms with Crippen molar-refractivity contribution in [2.75, 3.05) is 5.32 Å². The number of benzene rings is 1. The molecule has 0 heterocycles. The highest BCUT2D eigenvalue weighted by atomic mass is 35.5. The van der Waals surface area contributed by atoms with Crippen LogP contribution in [0.4, 0.5) is 5.69 Å². The summed E-state index contributed by atoms with van der Waals surface area (Å²) < 4.78 is 0. The lowest BCUT2D eigenvalue weighted by Gasteiger charge is -2.09. The minimum Gasteiger partial charge on any atom is -0.359 e. The normalized spacial score (nSPS) is 10.8. The van der Waals surface area contributed by atoms with Crippen LogP contribution < -0.4 is 5.32 Å². The molecule has 1 rings (SSSR count). The first-order valence-corrected chi connectivity index (χ1v) is 5.64. The molecule has 0 aliphatic rings. The zero-order valence-corrected chi connectivity index (χ0v) is 10.3. The van der Waals surface area contributed by atoms with Crippen LogP contribution in [0.25, 0.3) is 0 Å². The van der Waals surface area contributed by atoms with Crippen LogP contribution >= 0.6 is 11.6 Å². The Hall–Kier alpha value is -1.79. The van der Waals surface area contributed by atoms with E-state index in [1.807, 2.05) is 25.1 Å². The number of carbonyl (C=O) groups is 1. The van der Waals surface area contributed by atoms with E-state index in [-0.39, 0.29) is 5.24 Å². The number of nitriles is 1. The van der Waals surface area contributed by atoms with E-state index in [1.54, 1.807) is 12.1 Å². The first-order chi connectivity index (χ1) is 8.15. The summed E-state index contributed by atoms with van der Waals surface area (Å²) in [6.07, 6.45) is 2.79. The van der Waals surface area contributed by atoms with Crippen molar-refractivity contribution < 1.29 is 4.79 Å². The third kappa shape index (κ3) is 4.71. The second kappa shape index (κ2) is 6.72. The number of rotatable bonds is 5. The average molecular weight is 249 g/mol. The van der Waals surface area contributed by atoms with Crippen molar-refractivity contribution in [2.45, 2.75) is 19.8 Å². The lowest BCUT2D eigenvalue weighted by Crippen LogP contribution is -2.01. The van der Waals surface area contributed by atoms with Gasteiger partial charge in [-0.1, -0.05) is 6.08 Å². The summed E-state index contributed by atoms with van der Waals surface area (Å²) in [6.45, 7) is 1.89. The molecule has 0 spiro atoms. The Labute approximate surface area is 106 Å². The predicted octanol–water partition coefficient (Wildman–Crippen LogP) is 3.42. The molecule has 0 saturated heterocycles. The van der Waals surface area contributed by atoms with Crippen molar-refractivity contribution in [1.29, 1.82) is 5.26 Å². The Balaban J connectivity index is 2.62. The predicted molar refractivity (Wildman–Crippen MR) is 68.6 cm³/mol. The fourth-order valence-electron chi connectivity index (χ4n) is 1.33. The van der Waals surface area contributed by atoms with E-state index in [0.29, 0.717) is 18.4 Å². The second-order valence-electron chi connectivity index (χ2n) is 3.48. The van der Waals surface area contributed by atoms with Crippen LogP contribution in [0.1, 0.15) is 25.3 Å². The summed E-state index contributed by atoms with van der Waals surface area (Å²) in [5.41, 5.74) is 2.44. The van der Waals surface area contributed by atoms with Gasteiger partial charge in [-0.3, -0.25) is 4.79 Å². The van der Waals surface area contributed by atoms with Crippen LogP contribution in [0, 0.1) is 11.3 Å². The molecule has 0 atom stereocenters. The minimum atomic E-state index is -0.342. The van der Waals surface area contributed by atoms with Gasteiger partial charge in [-0.2, -0.15) is 5.26 Å². The van der Waals surface area contributed by atoms with Gasteiger partial charge in [0.15, 0.2) is 0 Å². The van der Waals surface area contributed by atoms with Crippen LogP contribution in [0.2, 0.25) is 0 Å². The van der Waals surface area contributed by atoms with Crippen molar-refractivity contribution in [3.05, 3.63) is 41.6 Å². The molecule has 0 saturated carbocycles. The van der Waals surface area contributed by atoms with Gasteiger partial charge in [0.2, 0.25) is 5.24 Å². The van der Waals surface area contributed by atoms with Gasteiger partial charge >= 0.3 is 0 Å². The lowest BCUT2D eigenvalue weighted by atomic mass is 10.2. The maximum absolute atomic E-state index is 10.7. The number of hydrogen-bond acceptors (Lipinski definition) is 3. The smallest absolute Gasteiger partial charge is 0.222 e. The third-order valence-corrected chi connectivity index (χ3v) is 2.45. The summed E-state index contributed by atoms with van der Waals surface area (Å²) in [7, 11) is 0. The second-order valence-corrected chi connectivity index (χ2v) is 3.90. The van der Waals surface area contributed by atoms with Crippen LogP contribution in [0.5, 0.6) is 0 Å². The Bertz CT molecular complexity index is 457. The first-order valence-electron chi connectivity index (χ1n) is 5.26. The summed E-state index contributed by atoms with van der Waals surface area (Å²) in [6, 6.07) is 9.18. The average Bonchev–Trinajstić information content (AvgIpc) is 2.35. The topological polar surface area (TPSA) is 52.9 Å². The molecule has 0 fully saturated rings. The van der Waals surface area contributed by atoms with E-state index >= 15 is 0 Å². The molecule has 1 N–H and O–H groups in total. The molecule has 88 valence electrons. The molecule has 0 aliphatic heterocycles. The molecule has 0 unspecified atom stereocenters. The van der Waals surface area contributed by atoms with E-state index in [4.69, 9.17) is 16.9 Å². The van der Waals surface area contributed by atoms with Crippen molar-refractivity contribution in [3.63, 3.8) is 0 Å². The fourth-order valence-corrected chi connectivity index (χ4v) is 1.42. The number of hydrogen-bond donors (Lipinski definition) is 1. The summed E-state index contributed by atoms with van der Waals surface area (Å²) >= 11 is 5.29. The van der Waals surface area contributed by atoms with Gasteiger partial charge in [-0.15, -0.1) is 0 Å². The van der Waals surface area contributed by atoms with Crippen molar-refractivity contribution in [1.82, 2.24) is 0 Å². The highest BCUT2D eigenvalue weighted by Crippen LogP contribution is 2.14. The minimum absolute atomic E-state index is 0.310. The maximum atomic E-state index is 10.7. The first kappa shape index (κ1) is 13.3. The number of anilines is 1. The zero-order chi connectivity index (χ0) is 12.7. The van der Waals surface area contributed by atoms with Crippen LogP contribution in [-0.4, -0.2) is 5.24 Å². The number of allylic oxidation sites excluding steroid dienone is 2. The van der Waals surface area contributed by atoms with Crippen LogP contribution in [-0.2, 0) is 4.79 Å². The molecule has 0 bridgehead atoms. The largest absolute Gasteiger partial charge is 0.359 e. The van der Waals surface area contributed by atoms with Gasteiger partial charge in [0.1, 0.15) is 0 Å². The quantitative estimate of drug-likeness (QED) is 0.813. The zero-order valence-electron chi connectivity index (χ0n) is 9.53. The van der Waals surface area contributed by atoms with Gasteiger partial charge < -0.3 is 5.32 Å². The molecule has 3 nitrogen and oxygen atoms in total. The van der Waals surface area contributed by atoms with Gasteiger partial charge in [-0.05, 0) is 49.2 Å². The molecular formula is C13H13ClN2O. The Morgan fingerprint density at radius 2 is 2.06 bits per heavy atom. The Kier molecular flexibility index (Phi) is 5.25. The molecular weight excluding hydrogens is 236 g/mol. The molecule has 0 amide bonds. The van der Waals surface area contributed by atoms with Crippen LogP contribution in [0.3, 0.4) is 0 Å². The summed E-state index contributed by atoms with van der Waals surface area (Å²) in [5.74, 6) is 0. The molecule has 4 heteroatoms. The van der Waals surface area contributed by atoms with Gasteiger partial charge in [0, 0.05) is 17.8 Å². The SMILES string of the molecule is CC=C(CCC(=O)Cl)Nc1ccc(C#N)cc1. The fraction of sp³-hybridized carbons (Fsp3) is 0.231. The summed E-state index contributed by atoms with van der Waals surface area (Å²) in [5, 5.41) is 11.5. The lowest BCUT2D eigenvalue weighted by molar-refractivity contribution is -0.111. The van der Waals surface area contributed by atoms with E-state index in [2.05, 4.69) is 11.4 Å². The van der Waals surface area contributed by atoms with E-state index in [9.17, 15) is 4.79 Å². The molecule has 0 radical (unpaired) electrons. The number of nitrogens with one attached hydrogen (secondary N) is 1. The van der Waals surface area contributed by atoms with Crippen molar-refractivity contribution in [2.24, 2.45) is 0 Å². The molecule has 17 heavy (non-hydrogen) atoms. The number of halogens is 1. The number of nitrogens with zero attached hydrogens (tertiary/aromatic N) is 1. The standard InChI is InChI=1S/C13H13ClN2O/c1-2-11(7-8-13(14)17)16-12-5-3-10(9-15)4-6-12/h2-6,16H,7-8H2,1H3. The van der Waals surface area contributed by atoms with Gasteiger partial charge in [0.25, 0.3) is 0 Å². The summed E-state index contributed by atoms with van der Waals surface area (Å²) in [4.78, 5) is 10.7. The monoisotopic (exact) mass is 248 g/mol. The highest BCUT2D eigenvalue weighted by molar-refractivity contribution is 6.63. The maximum Gasteiger partial charge on any atom is 0.222 e. The van der Waals surface area contributed by atoms with Crippen molar-refractivity contribution in [3.8, 4) is 6.07 Å². The van der Waals surface area contributed by atoms with Crippen molar-refractivity contribution >= 4 is 22.5 Å². The molecule has 0 aliphatic carbocycles. The van der Waals surface area contributed by atoms with E-state index in [1.165, 1.54) is 0 Å². The highest BCUT2D eigenvalue weighted by Gasteiger charge is 2.01. The molecule has 1 aromatic carbocycles. The third-order valence-electron chi connectivity index (χ3n) is 2.26. The van der Waals surface area contributed by atoms with E-state index in [0.717, 1.165) is 11.4 Å². The molecule has 0 aromatic heterocycles.